The number of carbonyl (C=O) groups is 1. The lowest BCUT2D eigenvalue weighted by Gasteiger charge is -2.02. The first-order valence-electron chi connectivity index (χ1n) is 7.82. The minimum atomic E-state index is -0.0651. The summed E-state index contributed by atoms with van der Waals surface area (Å²) in [6, 6.07) is 17.8. The summed E-state index contributed by atoms with van der Waals surface area (Å²) < 4.78 is 0.803. The molecule has 0 aliphatic carbocycles. The Kier molecular flexibility index (Phi) is 7.37. The number of benzene rings is 2. The van der Waals surface area contributed by atoms with E-state index in [4.69, 9.17) is 11.6 Å². The molecule has 3 aromatic rings. The van der Waals surface area contributed by atoms with Gasteiger partial charge in [-0.3, -0.25) is 10.1 Å². The molecule has 134 valence electrons. The van der Waals surface area contributed by atoms with Crippen LogP contribution >= 0.6 is 46.5 Å². The van der Waals surface area contributed by atoms with Gasteiger partial charge in [0.15, 0.2) is 4.34 Å². The Bertz CT molecular complexity index is 858. The highest BCUT2D eigenvalue weighted by molar-refractivity contribution is 8.00. The van der Waals surface area contributed by atoms with E-state index in [9.17, 15) is 4.79 Å². The number of halogens is 1. The molecular weight excluding hydrogens is 406 g/mol. The van der Waals surface area contributed by atoms with Crippen LogP contribution in [0.2, 0.25) is 5.02 Å². The third-order valence-electron chi connectivity index (χ3n) is 3.31. The Morgan fingerprint density at radius 1 is 1.04 bits per heavy atom. The van der Waals surface area contributed by atoms with Gasteiger partial charge in [0, 0.05) is 16.5 Å². The van der Waals surface area contributed by atoms with Crippen LogP contribution in [0.5, 0.6) is 0 Å². The van der Waals surface area contributed by atoms with E-state index in [-0.39, 0.29) is 5.91 Å². The van der Waals surface area contributed by atoms with Crippen molar-refractivity contribution in [1.82, 2.24) is 10.2 Å². The zero-order valence-electron chi connectivity index (χ0n) is 13.7. The Morgan fingerprint density at radius 2 is 1.81 bits per heavy atom. The van der Waals surface area contributed by atoms with E-state index < -0.39 is 0 Å². The van der Waals surface area contributed by atoms with Gasteiger partial charge in [0.2, 0.25) is 11.0 Å². The van der Waals surface area contributed by atoms with Crippen molar-refractivity contribution in [3.8, 4) is 0 Å². The number of amides is 1. The molecule has 3 rings (SSSR count). The molecule has 0 saturated carbocycles. The molecule has 0 saturated heterocycles. The first-order chi connectivity index (χ1) is 12.7. The fourth-order valence-corrected chi connectivity index (χ4v) is 4.91. The standard InChI is InChI=1S/C18H16ClN3OS3/c19-15-9-5-4-8-14(15)11-25-18-22-21-17(26-18)20-16(23)12-24-10-13-6-2-1-3-7-13/h1-9H,10-12H2,(H,20,21,23). The second kappa shape index (κ2) is 9.97. The Balaban J connectivity index is 1.43. The number of thioether (sulfide) groups is 2. The number of nitrogens with zero attached hydrogens (tertiary/aromatic N) is 2. The molecule has 1 heterocycles. The fourth-order valence-electron chi connectivity index (χ4n) is 2.06. The van der Waals surface area contributed by atoms with E-state index >= 15 is 0 Å². The predicted octanol–water partition coefficient (Wildman–Crippen LogP) is 5.36. The number of nitrogens with one attached hydrogen (secondary N) is 1. The normalized spacial score (nSPS) is 10.7. The van der Waals surface area contributed by atoms with Gasteiger partial charge in [-0.15, -0.1) is 22.0 Å². The molecule has 0 aliphatic rings. The highest BCUT2D eigenvalue weighted by atomic mass is 35.5. The summed E-state index contributed by atoms with van der Waals surface area (Å²) in [6.07, 6.45) is 0. The largest absolute Gasteiger partial charge is 0.300 e. The molecule has 4 nitrogen and oxygen atoms in total. The topological polar surface area (TPSA) is 54.9 Å². The summed E-state index contributed by atoms with van der Waals surface area (Å²) in [6.45, 7) is 0. The maximum Gasteiger partial charge on any atom is 0.236 e. The molecule has 1 aromatic heterocycles. The molecule has 0 atom stereocenters. The third kappa shape index (κ3) is 6.02. The van der Waals surface area contributed by atoms with Crippen molar-refractivity contribution >= 4 is 57.5 Å². The van der Waals surface area contributed by atoms with Crippen LogP contribution in [0.4, 0.5) is 5.13 Å². The monoisotopic (exact) mass is 421 g/mol. The van der Waals surface area contributed by atoms with Gasteiger partial charge in [0.1, 0.15) is 0 Å². The lowest BCUT2D eigenvalue weighted by Crippen LogP contribution is -2.13. The van der Waals surface area contributed by atoms with Gasteiger partial charge in [-0.05, 0) is 17.2 Å². The molecule has 0 spiro atoms. The number of hydrogen-bond acceptors (Lipinski definition) is 6. The lowest BCUT2D eigenvalue weighted by molar-refractivity contribution is -0.113. The van der Waals surface area contributed by atoms with Crippen molar-refractivity contribution in [2.75, 3.05) is 11.1 Å². The molecule has 0 unspecified atom stereocenters. The number of rotatable bonds is 8. The van der Waals surface area contributed by atoms with Crippen molar-refractivity contribution in [3.63, 3.8) is 0 Å². The van der Waals surface area contributed by atoms with Crippen LogP contribution in [0.3, 0.4) is 0 Å². The van der Waals surface area contributed by atoms with Gasteiger partial charge < -0.3 is 0 Å². The van der Waals surface area contributed by atoms with E-state index in [1.54, 1.807) is 23.5 Å². The number of anilines is 1. The molecule has 0 aliphatic heterocycles. The highest BCUT2D eigenvalue weighted by Crippen LogP contribution is 2.30. The fraction of sp³-hybridized carbons (Fsp3) is 0.167. The molecular formula is C18H16ClN3OS3. The average molecular weight is 422 g/mol. The maximum absolute atomic E-state index is 12.0. The predicted molar refractivity (Wildman–Crippen MR) is 112 cm³/mol. The number of carbonyl (C=O) groups excluding carboxylic acids is 1. The smallest absolute Gasteiger partial charge is 0.236 e. The molecule has 0 radical (unpaired) electrons. The summed E-state index contributed by atoms with van der Waals surface area (Å²) in [4.78, 5) is 12.0. The van der Waals surface area contributed by atoms with Gasteiger partial charge in [-0.25, -0.2) is 0 Å². The van der Waals surface area contributed by atoms with E-state index in [1.165, 1.54) is 16.9 Å². The summed E-state index contributed by atoms with van der Waals surface area (Å²) in [7, 11) is 0. The van der Waals surface area contributed by atoms with Crippen LogP contribution in [0.25, 0.3) is 0 Å². The summed E-state index contributed by atoms with van der Waals surface area (Å²) in [5.41, 5.74) is 2.26. The summed E-state index contributed by atoms with van der Waals surface area (Å²) in [5.74, 6) is 1.85. The average Bonchev–Trinajstić information content (AvgIpc) is 3.09. The van der Waals surface area contributed by atoms with E-state index in [1.807, 2.05) is 42.5 Å². The van der Waals surface area contributed by atoms with Gasteiger partial charge in [-0.1, -0.05) is 83.2 Å². The van der Waals surface area contributed by atoms with Crippen LogP contribution in [-0.4, -0.2) is 21.9 Å². The van der Waals surface area contributed by atoms with Crippen LogP contribution in [0.15, 0.2) is 58.9 Å². The zero-order valence-corrected chi connectivity index (χ0v) is 16.9. The van der Waals surface area contributed by atoms with Gasteiger partial charge in [0.05, 0.1) is 5.75 Å². The number of aromatic nitrogens is 2. The Labute approximate surface area is 169 Å². The summed E-state index contributed by atoms with van der Waals surface area (Å²) >= 11 is 10.7. The SMILES string of the molecule is O=C(CSCc1ccccc1)Nc1nnc(SCc2ccccc2Cl)s1. The van der Waals surface area contributed by atoms with E-state index in [2.05, 4.69) is 27.6 Å². The minimum Gasteiger partial charge on any atom is -0.300 e. The van der Waals surface area contributed by atoms with E-state index in [0.29, 0.717) is 10.9 Å². The molecule has 1 N–H and O–H groups in total. The highest BCUT2D eigenvalue weighted by Gasteiger charge is 2.10. The molecule has 2 aromatic carbocycles. The number of hydrogen-bond donors (Lipinski definition) is 1. The van der Waals surface area contributed by atoms with Crippen molar-refractivity contribution in [1.29, 1.82) is 0 Å². The second-order valence-electron chi connectivity index (χ2n) is 5.28. The van der Waals surface area contributed by atoms with Crippen LogP contribution in [0, 0.1) is 0 Å². The van der Waals surface area contributed by atoms with Crippen molar-refractivity contribution < 1.29 is 4.79 Å². The maximum atomic E-state index is 12.0. The van der Waals surface area contributed by atoms with Crippen LogP contribution in [0.1, 0.15) is 11.1 Å². The first-order valence-corrected chi connectivity index (χ1v) is 11.2. The van der Waals surface area contributed by atoms with Crippen molar-refractivity contribution in [2.45, 2.75) is 15.8 Å². The van der Waals surface area contributed by atoms with Gasteiger partial charge >= 0.3 is 0 Å². The van der Waals surface area contributed by atoms with Crippen LogP contribution < -0.4 is 5.32 Å². The third-order valence-corrected chi connectivity index (χ3v) is 6.70. The lowest BCUT2D eigenvalue weighted by atomic mass is 10.2. The van der Waals surface area contributed by atoms with E-state index in [0.717, 1.165) is 26.4 Å². The molecule has 8 heteroatoms. The van der Waals surface area contributed by atoms with Gasteiger partial charge in [0.25, 0.3) is 0 Å². The summed E-state index contributed by atoms with van der Waals surface area (Å²) in [5, 5.41) is 12.2. The Hall–Kier alpha value is -1.54. The second-order valence-corrected chi connectivity index (χ2v) is 8.87. The molecule has 1 amide bonds. The quantitative estimate of drug-likeness (QED) is 0.392. The minimum absolute atomic E-state index is 0.0651. The molecule has 0 fully saturated rings. The Morgan fingerprint density at radius 3 is 2.62 bits per heavy atom. The molecule has 0 bridgehead atoms. The first kappa shape index (κ1) is 19.2. The zero-order chi connectivity index (χ0) is 18.2. The van der Waals surface area contributed by atoms with Gasteiger partial charge in [-0.2, -0.15) is 0 Å². The van der Waals surface area contributed by atoms with Crippen molar-refractivity contribution in [3.05, 3.63) is 70.7 Å². The van der Waals surface area contributed by atoms with Crippen LogP contribution in [-0.2, 0) is 16.3 Å². The molecule has 26 heavy (non-hydrogen) atoms. The van der Waals surface area contributed by atoms with Crippen molar-refractivity contribution in [2.24, 2.45) is 0 Å².